The number of fused-ring (bicyclic) bond motifs is 1. The maximum absolute atomic E-state index is 11.3. The number of rotatable bonds is 5. The molecule has 0 amide bonds. The molecule has 5 nitrogen and oxygen atoms in total. The van der Waals surface area contributed by atoms with E-state index in [9.17, 15) is 9.90 Å². The van der Waals surface area contributed by atoms with Crippen molar-refractivity contribution in [2.24, 2.45) is 0 Å². The fourth-order valence-electron chi connectivity index (χ4n) is 2.49. The molecule has 0 aliphatic carbocycles. The van der Waals surface area contributed by atoms with Crippen LogP contribution in [0.5, 0.6) is 0 Å². The van der Waals surface area contributed by atoms with Crippen LogP contribution in [0.1, 0.15) is 39.3 Å². The molecule has 0 fully saturated rings. The summed E-state index contributed by atoms with van der Waals surface area (Å²) >= 11 is 1.34. The summed E-state index contributed by atoms with van der Waals surface area (Å²) in [5, 5.41) is 10.3. The van der Waals surface area contributed by atoms with E-state index < -0.39 is 10.7 Å². The smallest absolute Gasteiger partial charge is 0.319 e. The summed E-state index contributed by atoms with van der Waals surface area (Å²) < 4.78 is -0.869. The van der Waals surface area contributed by atoms with Crippen molar-refractivity contribution in [3.8, 4) is 11.4 Å². The van der Waals surface area contributed by atoms with Gasteiger partial charge >= 0.3 is 5.97 Å². The topological polar surface area (TPSA) is 78.9 Å². The van der Waals surface area contributed by atoms with Gasteiger partial charge in [-0.25, -0.2) is 9.97 Å². The molecule has 25 heavy (non-hydrogen) atoms. The van der Waals surface area contributed by atoms with E-state index in [2.05, 4.69) is 28.8 Å². The van der Waals surface area contributed by atoms with Gasteiger partial charge in [0.2, 0.25) is 0 Å². The van der Waals surface area contributed by atoms with Crippen LogP contribution in [-0.2, 0) is 4.79 Å². The van der Waals surface area contributed by atoms with Crippen LogP contribution in [0.15, 0.2) is 41.6 Å². The first-order chi connectivity index (χ1) is 11.8. The van der Waals surface area contributed by atoms with Crippen LogP contribution in [0.3, 0.4) is 0 Å². The van der Waals surface area contributed by atoms with Gasteiger partial charge in [0.05, 0.1) is 11.4 Å². The number of aromatic nitrogens is 3. The first-order valence-electron chi connectivity index (χ1n) is 8.14. The number of nitrogens with one attached hydrogen (secondary N) is 1. The SMILES string of the molecule is CC(C)c1cc(-c2cc3cc(SC(C)(C)C(=O)O)ccc3[nH]2)ncn1. The van der Waals surface area contributed by atoms with Crippen LogP contribution in [0, 0.1) is 0 Å². The van der Waals surface area contributed by atoms with Crippen molar-refractivity contribution in [1.29, 1.82) is 0 Å². The zero-order chi connectivity index (χ0) is 18.2. The molecule has 0 saturated carbocycles. The highest BCUT2D eigenvalue weighted by molar-refractivity contribution is 8.01. The molecule has 0 saturated heterocycles. The summed E-state index contributed by atoms with van der Waals surface area (Å²) in [6, 6.07) is 9.97. The molecule has 3 aromatic rings. The quantitative estimate of drug-likeness (QED) is 0.648. The number of carbonyl (C=O) groups is 1. The van der Waals surface area contributed by atoms with Gasteiger partial charge in [0, 0.05) is 21.5 Å². The van der Waals surface area contributed by atoms with Crippen molar-refractivity contribution in [2.45, 2.75) is 43.3 Å². The fraction of sp³-hybridized carbons (Fsp3) is 0.316. The van der Waals surface area contributed by atoms with E-state index >= 15 is 0 Å². The summed E-state index contributed by atoms with van der Waals surface area (Å²) in [6.45, 7) is 7.62. The minimum absolute atomic E-state index is 0.340. The monoisotopic (exact) mass is 355 g/mol. The predicted molar refractivity (Wildman–Crippen MR) is 101 cm³/mol. The Morgan fingerprint density at radius 3 is 2.64 bits per heavy atom. The average molecular weight is 355 g/mol. The molecule has 0 bridgehead atoms. The molecular formula is C19H21N3O2S. The van der Waals surface area contributed by atoms with Crippen molar-refractivity contribution < 1.29 is 9.90 Å². The number of carboxylic acid groups (broad SMARTS) is 1. The van der Waals surface area contributed by atoms with E-state index in [-0.39, 0.29) is 0 Å². The number of aliphatic carboxylic acids is 1. The summed E-state index contributed by atoms with van der Waals surface area (Å²) in [7, 11) is 0. The minimum Gasteiger partial charge on any atom is -0.480 e. The first kappa shape index (κ1) is 17.5. The van der Waals surface area contributed by atoms with Crippen molar-refractivity contribution >= 4 is 28.6 Å². The largest absolute Gasteiger partial charge is 0.480 e. The van der Waals surface area contributed by atoms with Gasteiger partial charge in [0.1, 0.15) is 11.1 Å². The highest BCUT2D eigenvalue weighted by Gasteiger charge is 2.28. The zero-order valence-electron chi connectivity index (χ0n) is 14.7. The molecule has 0 atom stereocenters. The second kappa shape index (κ2) is 6.52. The minimum atomic E-state index is -0.869. The van der Waals surface area contributed by atoms with Crippen molar-refractivity contribution in [1.82, 2.24) is 15.0 Å². The number of H-pyrrole nitrogens is 1. The standard InChI is InChI=1S/C19H21N3O2S/c1-11(2)15-9-16(21-10-20-15)17-8-12-7-13(5-6-14(12)22-17)25-19(3,4)18(23)24/h5-11,22H,1-4H3,(H,23,24). The van der Waals surface area contributed by atoms with Gasteiger partial charge in [0.15, 0.2) is 0 Å². The summed E-state index contributed by atoms with van der Waals surface area (Å²) in [4.78, 5) is 24.3. The number of hydrogen-bond acceptors (Lipinski definition) is 4. The molecule has 3 rings (SSSR count). The molecule has 2 N–H and O–H groups in total. The predicted octanol–water partition coefficient (Wildman–Crippen LogP) is 4.70. The van der Waals surface area contributed by atoms with Gasteiger partial charge in [-0.2, -0.15) is 0 Å². The molecule has 0 spiro atoms. The van der Waals surface area contributed by atoms with Crippen LogP contribution >= 0.6 is 11.8 Å². The van der Waals surface area contributed by atoms with Gasteiger partial charge < -0.3 is 10.1 Å². The molecular weight excluding hydrogens is 334 g/mol. The van der Waals surface area contributed by atoms with Crippen LogP contribution < -0.4 is 0 Å². The van der Waals surface area contributed by atoms with Crippen molar-refractivity contribution in [3.05, 3.63) is 42.4 Å². The third kappa shape index (κ3) is 3.69. The van der Waals surface area contributed by atoms with Gasteiger partial charge in [-0.15, -0.1) is 11.8 Å². The normalized spacial score (nSPS) is 12.0. The van der Waals surface area contributed by atoms with Gasteiger partial charge in [0.25, 0.3) is 0 Å². The third-order valence-electron chi connectivity index (χ3n) is 4.04. The number of hydrogen-bond donors (Lipinski definition) is 2. The summed E-state index contributed by atoms with van der Waals surface area (Å²) in [6.07, 6.45) is 1.59. The second-order valence-electron chi connectivity index (χ2n) is 6.83. The van der Waals surface area contributed by atoms with Crippen LogP contribution in [0.4, 0.5) is 0 Å². The molecule has 2 aromatic heterocycles. The number of nitrogens with zero attached hydrogens (tertiary/aromatic N) is 2. The van der Waals surface area contributed by atoms with E-state index in [0.717, 1.165) is 32.9 Å². The van der Waals surface area contributed by atoms with Crippen LogP contribution in [0.2, 0.25) is 0 Å². The second-order valence-corrected chi connectivity index (χ2v) is 8.53. The van der Waals surface area contributed by atoms with Crippen LogP contribution in [0.25, 0.3) is 22.3 Å². The molecule has 0 unspecified atom stereocenters. The molecule has 130 valence electrons. The lowest BCUT2D eigenvalue weighted by Gasteiger charge is -2.18. The molecule has 0 aliphatic rings. The number of aromatic amines is 1. The van der Waals surface area contributed by atoms with Gasteiger partial charge in [-0.1, -0.05) is 13.8 Å². The van der Waals surface area contributed by atoms with E-state index in [1.54, 1.807) is 20.2 Å². The fourth-order valence-corrected chi connectivity index (χ4v) is 3.48. The number of benzene rings is 1. The first-order valence-corrected chi connectivity index (χ1v) is 8.95. The van der Waals surface area contributed by atoms with E-state index in [1.165, 1.54) is 11.8 Å². The maximum atomic E-state index is 11.3. The molecule has 0 radical (unpaired) electrons. The van der Waals surface area contributed by atoms with Crippen molar-refractivity contribution in [2.75, 3.05) is 0 Å². The summed E-state index contributed by atoms with van der Waals surface area (Å²) in [5.74, 6) is -0.484. The van der Waals surface area contributed by atoms with Crippen LogP contribution in [-0.4, -0.2) is 30.8 Å². The Labute approximate surface area is 150 Å². The molecule has 0 aliphatic heterocycles. The lowest BCUT2D eigenvalue weighted by Crippen LogP contribution is -2.26. The molecule has 2 heterocycles. The Hall–Kier alpha value is -2.34. The zero-order valence-corrected chi connectivity index (χ0v) is 15.5. The van der Waals surface area contributed by atoms with Gasteiger partial charge in [-0.3, -0.25) is 4.79 Å². The Bertz CT molecular complexity index is 931. The number of carboxylic acids is 1. The van der Waals surface area contributed by atoms with E-state index in [4.69, 9.17) is 0 Å². The van der Waals surface area contributed by atoms with Crippen molar-refractivity contribution in [3.63, 3.8) is 0 Å². The molecule has 1 aromatic carbocycles. The maximum Gasteiger partial charge on any atom is 0.319 e. The Kier molecular flexibility index (Phi) is 4.56. The molecule has 6 heteroatoms. The Morgan fingerprint density at radius 1 is 1.20 bits per heavy atom. The lowest BCUT2D eigenvalue weighted by molar-refractivity contribution is -0.138. The Morgan fingerprint density at radius 2 is 1.96 bits per heavy atom. The number of thioether (sulfide) groups is 1. The Balaban J connectivity index is 1.95. The third-order valence-corrected chi connectivity index (χ3v) is 5.21. The highest BCUT2D eigenvalue weighted by atomic mass is 32.2. The van der Waals surface area contributed by atoms with Gasteiger partial charge in [-0.05, 0) is 50.1 Å². The summed E-state index contributed by atoms with van der Waals surface area (Å²) in [5.41, 5.74) is 3.79. The highest BCUT2D eigenvalue weighted by Crippen LogP contribution is 2.35. The van der Waals surface area contributed by atoms with E-state index in [1.807, 2.05) is 30.3 Å². The van der Waals surface area contributed by atoms with E-state index in [0.29, 0.717) is 5.92 Å². The average Bonchev–Trinajstić information content (AvgIpc) is 2.97. The lowest BCUT2D eigenvalue weighted by atomic mass is 10.1.